The molecule has 4 aliphatic rings. The lowest BCUT2D eigenvalue weighted by Gasteiger charge is -2.62. The number of likely N-dealkylation sites (tertiary alicyclic amines) is 1. The quantitative estimate of drug-likeness (QED) is 0.769. The summed E-state index contributed by atoms with van der Waals surface area (Å²) in [5, 5.41) is 17.0. The van der Waals surface area contributed by atoms with Gasteiger partial charge in [0, 0.05) is 11.6 Å². The van der Waals surface area contributed by atoms with Gasteiger partial charge in [0.15, 0.2) is 17.6 Å². The Morgan fingerprint density at radius 2 is 2.03 bits per heavy atom. The van der Waals surface area contributed by atoms with Gasteiger partial charge in [0.25, 0.3) is 0 Å². The molecule has 1 saturated heterocycles. The van der Waals surface area contributed by atoms with Crippen LogP contribution in [-0.4, -0.2) is 54.2 Å². The lowest BCUT2D eigenvalue weighted by molar-refractivity contribution is -0.160. The molecule has 2 aliphatic heterocycles. The van der Waals surface area contributed by atoms with Crippen LogP contribution in [0.1, 0.15) is 30.4 Å². The number of para-hydroxylation sites is 1. The molecule has 6 rings (SSSR count). The highest BCUT2D eigenvalue weighted by Crippen LogP contribution is 2.64. The van der Waals surface area contributed by atoms with E-state index in [-0.39, 0.29) is 12.1 Å². The van der Waals surface area contributed by atoms with Crippen LogP contribution in [0, 0.1) is 0 Å². The van der Waals surface area contributed by atoms with Crippen LogP contribution in [0.5, 0.6) is 11.5 Å². The predicted octanol–water partition coefficient (Wildman–Crippen LogP) is 2.95. The maximum absolute atomic E-state index is 12.2. The number of rotatable bonds is 3. The number of benzene rings is 2. The standard InChI is InChI=1S/C24H27N3O3/c1-27-13-12-23-20-15-8-9-18(29-2)21(20)30-22(23)17(10-11-24(23,28)19(27)14-15)26-25-16-6-4-3-5-7-16/h3-9,19,22,25,28H,10-14H2,1-2H3/b26-17+/t19-,22?,23+,24-/m1/s1. The lowest BCUT2D eigenvalue weighted by Crippen LogP contribution is -2.76. The van der Waals surface area contributed by atoms with E-state index in [0.717, 1.165) is 47.8 Å². The number of nitrogens with zero attached hydrogens (tertiary/aromatic N) is 2. The summed E-state index contributed by atoms with van der Waals surface area (Å²) in [4.78, 5) is 2.33. The number of methoxy groups -OCH3 is 1. The first kappa shape index (κ1) is 18.2. The fraction of sp³-hybridized carbons (Fsp3) is 0.458. The third-order valence-corrected chi connectivity index (χ3v) is 7.85. The van der Waals surface area contributed by atoms with Gasteiger partial charge in [-0.1, -0.05) is 24.3 Å². The summed E-state index contributed by atoms with van der Waals surface area (Å²) < 4.78 is 12.3. The Morgan fingerprint density at radius 3 is 2.83 bits per heavy atom. The van der Waals surface area contributed by atoms with Crippen LogP contribution in [0.3, 0.4) is 0 Å². The molecule has 1 spiro atoms. The van der Waals surface area contributed by atoms with E-state index in [1.807, 2.05) is 36.4 Å². The molecule has 2 aromatic carbocycles. The van der Waals surface area contributed by atoms with Crippen molar-refractivity contribution in [3.63, 3.8) is 0 Å². The minimum Gasteiger partial charge on any atom is -0.493 e. The minimum atomic E-state index is -0.832. The average molecular weight is 405 g/mol. The Kier molecular flexibility index (Phi) is 3.78. The first-order valence-corrected chi connectivity index (χ1v) is 10.8. The van der Waals surface area contributed by atoms with E-state index in [1.165, 1.54) is 5.56 Å². The summed E-state index contributed by atoms with van der Waals surface area (Å²) in [6.07, 6.45) is 2.80. The Labute approximate surface area is 176 Å². The maximum atomic E-state index is 12.2. The first-order valence-electron chi connectivity index (χ1n) is 10.8. The Bertz CT molecular complexity index is 1040. The Balaban J connectivity index is 1.51. The normalized spacial score (nSPS) is 35.0. The summed E-state index contributed by atoms with van der Waals surface area (Å²) in [7, 11) is 3.82. The average Bonchev–Trinajstić information content (AvgIpc) is 3.12. The van der Waals surface area contributed by atoms with Crippen LogP contribution in [-0.2, 0) is 11.8 Å². The van der Waals surface area contributed by atoms with E-state index in [0.29, 0.717) is 12.8 Å². The van der Waals surface area contributed by atoms with Crippen molar-refractivity contribution in [2.75, 3.05) is 26.1 Å². The van der Waals surface area contributed by atoms with Crippen molar-refractivity contribution >= 4 is 11.4 Å². The molecule has 2 heterocycles. The number of ether oxygens (including phenoxy) is 2. The molecular formula is C24H27N3O3. The summed E-state index contributed by atoms with van der Waals surface area (Å²) in [5.74, 6) is 1.54. The van der Waals surface area contributed by atoms with Crippen LogP contribution in [0.25, 0.3) is 0 Å². The van der Waals surface area contributed by atoms with Gasteiger partial charge in [-0.2, -0.15) is 5.10 Å². The van der Waals surface area contributed by atoms with Crippen LogP contribution in [0.4, 0.5) is 5.69 Å². The molecule has 1 unspecified atom stereocenters. The zero-order chi connectivity index (χ0) is 20.5. The molecule has 0 aromatic heterocycles. The monoisotopic (exact) mass is 405 g/mol. The highest BCUT2D eigenvalue weighted by Gasteiger charge is 2.72. The molecule has 6 heteroatoms. The Morgan fingerprint density at radius 1 is 1.20 bits per heavy atom. The number of hydrogen-bond donors (Lipinski definition) is 2. The summed E-state index contributed by atoms with van der Waals surface area (Å²) in [5.41, 5.74) is 6.24. The van der Waals surface area contributed by atoms with Crippen LogP contribution in [0.15, 0.2) is 47.6 Å². The lowest BCUT2D eigenvalue weighted by atomic mass is 9.49. The van der Waals surface area contributed by atoms with Gasteiger partial charge in [0.05, 0.1) is 29.5 Å². The third-order valence-electron chi connectivity index (χ3n) is 7.85. The molecular weight excluding hydrogens is 378 g/mol. The number of hydrogen-bond acceptors (Lipinski definition) is 6. The predicted molar refractivity (Wildman–Crippen MR) is 116 cm³/mol. The highest BCUT2D eigenvalue weighted by atomic mass is 16.5. The topological polar surface area (TPSA) is 66.3 Å². The minimum absolute atomic E-state index is 0.0906. The number of hydrazone groups is 1. The summed E-state index contributed by atoms with van der Waals surface area (Å²) in [6, 6.07) is 14.2. The molecule has 2 N–H and O–H groups in total. The summed E-state index contributed by atoms with van der Waals surface area (Å²) >= 11 is 0. The van der Waals surface area contributed by atoms with Crippen molar-refractivity contribution in [2.45, 2.75) is 48.8 Å². The van der Waals surface area contributed by atoms with Crippen LogP contribution >= 0.6 is 0 Å². The SMILES string of the molecule is COc1ccc2c3c1OC1/C(=N/Nc4ccccc4)CC[C@@]4(O)[C@@H](C2)N(C)CC[C@]314. The number of likely N-dealkylation sites (N-methyl/N-ethyl adjacent to an activating group) is 1. The zero-order valence-electron chi connectivity index (χ0n) is 17.4. The molecule has 0 radical (unpaired) electrons. The van der Waals surface area contributed by atoms with Gasteiger partial charge in [0.2, 0.25) is 0 Å². The van der Waals surface area contributed by atoms with E-state index >= 15 is 0 Å². The number of nitrogens with one attached hydrogen (secondary N) is 1. The molecule has 30 heavy (non-hydrogen) atoms. The van der Waals surface area contributed by atoms with E-state index in [1.54, 1.807) is 7.11 Å². The maximum Gasteiger partial charge on any atom is 0.166 e. The molecule has 156 valence electrons. The van der Waals surface area contributed by atoms with Crippen molar-refractivity contribution in [2.24, 2.45) is 5.10 Å². The molecule has 2 bridgehead atoms. The van der Waals surface area contributed by atoms with Gasteiger partial charge < -0.3 is 19.5 Å². The van der Waals surface area contributed by atoms with Gasteiger partial charge in [-0.15, -0.1) is 0 Å². The second kappa shape index (κ2) is 6.22. The number of aliphatic hydroxyl groups is 1. The highest BCUT2D eigenvalue weighted by molar-refractivity contribution is 5.95. The molecule has 4 atom stereocenters. The van der Waals surface area contributed by atoms with Crippen molar-refractivity contribution in [3.8, 4) is 11.5 Å². The van der Waals surface area contributed by atoms with E-state index in [4.69, 9.17) is 14.6 Å². The van der Waals surface area contributed by atoms with Gasteiger partial charge in [-0.25, -0.2) is 0 Å². The second-order valence-electron chi connectivity index (χ2n) is 9.06. The van der Waals surface area contributed by atoms with Crippen molar-refractivity contribution in [1.82, 2.24) is 4.90 Å². The van der Waals surface area contributed by atoms with Crippen molar-refractivity contribution in [1.29, 1.82) is 0 Å². The van der Waals surface area contributed by atoms with E-state index in [9.17, 15) is 5.11 Å². The van der Waals surface area contributed by atoms with Crippen LogP contribution < -0.4 is 14.9 Å². The molecule has 1 saturated carbocycles. The number of anilines is 1. The van der Waals surface area contributed by atoms with E-state index < -0.39 is 11.0 Å². The van der Waals surface area contributed by atoms with E-state index in [2.05, 4.69) is 23.4 Å². The Hall–Kier alpha value is -2.57. The van der Waals surface area contributed by atoms with Crippen molar-refractivity contribution in [3.05, 3.63) is 53.6 Å². The number of piperidine rings is 1. The largest absolute Gasteiger partial charge is 0.493 e. The smallest absolute Gasteiger partial charge is 0.166 e. The van der Waals surface area contributed by atoms with Crippen molar-refractivity contribution < 1.29 is 14.6 Å². The molecule has 6 nitrogen and oxygen atoms in total. The molecule has 2 fully saturated rings. The van der Waals surface area contributed by atoms with Gasteiger partial charge >= 0.3 is 0 Å². The first-order chi connectivity index (χ1) is 14.6. The molecule has 2 aromatic rings. The van der Waals surface area contributed by atoms with Gasteiger partial charge in [-0.05, 0) is 63.0 Å². The molecule has 2 aliphatic carbocycles. The zero-order valence-corrected chi connectivity index (χ0v) is 17.4. The fourth-order valence-corrected chi connectivity index (χ4v) is 6.47. The fourth-order valence-electron chi connectivity index (χ4n) is 6.47. The second-order valence-corrected chi connectivity index (χ2v) is 9.06. The van der Waals surface area contributed by atoms with Gasteiger partial charge in [0.1, 0.15) is 0 Å². The van der Waals surface area contributed by atoms with Crippen LogP contribution in [0.2, 0.25) is 0 Å². The third kappa shape index (κ3) is 2.13. The van der Waals surface area contributed by atoms with Gasteiger partial charge in [-0.3, -0.25) is 5.43 Å². The molecule has 0 amide bonds. The summed E-state index contributed by atoms with van der Waals surface area (Å²) in [6.45, 7) is 0.933.